The van der Waals surface area contributed by atoms with E-state index in [-0.39, 0.29) is 28.3 Å². The number of aryl methyl sites for hydroxylation is 1. The van der Waals surface area contributed by atoms with E-state index in [4.69, 9.17) is 5.73 Å². The molecule has 2 aromatic rings. The molecule has 2 rings (SSSR count). The molecule has 168 valence electrons. The van der Waals surface area contributed by atoms with Crippen molar-refractivity contribution in [3.63, 3.8) is 0 Å². The first-order chi connectivity index (χ1) is 14.6. The van der Waals surface area contributed by atoms with Gasteiger partial charge in [0.05, 0.1) is 6.04 Å². The molecule has 0 unspecified atom stereocenters. The van der Waals surface area contributed by atoms with Gasteiger partial charge in [0.15, 0.2) is 0 Å². The molecule has 0 spiro atoms. The summed E-state index contributed by atoms with van der Waals surface area (Å²) >= 11 is 0.228. The summed E-state index contributed by atoms with van der Waals surface area (Å²) in [7, 11) is 0. The van der Waals surface area contributed by atoms with Crippen LogP contribution in [-0.4, -0.2) is 34.1 Å². The zero-order chi connectivity index (χ0) is 23.0. The predicted octanol–water partition coefficient (Wildman–Crippen LogP) is 3.15. The van der Waals surface area contributed by atoms with Gasteiger partial charge in [-0.1, -0.05) is 61.6 Å². The van der Waals surface area contributed by atoms with Gasteiger partial charge in [-0.15, -0.1) is 10.2 Å². The van der Waals surface area contributed by atoms with Crippen molar-refractivity contribution < 1.29 is 22.8 Å². The molecule has 0 fully saturated rings. The highest BCUT2D eigenvalue weighted by Crippen LogP contribution is 2.32. The van der Waals surface area contributed by atoms with Gasteiger partial charge >= 0.3 is 6.18 Å². The van der Waals surface area contributed by atoms with Crippen LogP contribution in [0.5, 0.6) is 0 Å². The Hall–Kier alpha value is -2.79. The zero-order valence-electron chi connectivity index (χ0n) is 17.0. The fraction of sp³-hybridized carbons (Fsp3) is 0.400. The van der Waals surface area contributed by atoms with Crippen LogP contribution >= 0.6 is 11.3 Å². The summed E-state index contributed by atoms with van der Waals surface area (Å²) in [4.78, 5) is 24.4. The molecule has 0 saturated heterocycles. The largest absolute Gasteiger partial charge is 0.445 e. The first-order valence-corrected chi connectivity index (χ1v) is 10.4. The van der Waals surface area contributed by atoms with E-state index < -0.39 is 29.2 Å². The minimum Gasteiger partial charge on any atom is -0.349 e. The Morgan fingerprint density at radius 3 is 2.45 bits per heavy atom. The van der Waals surface area contributed by atoms with Crippen molar-refractivity contribution in [3.05, 3.63) is 53.1 Å². The van der Waals surface area contributed by atoms with E-state index in [9.17, 15) is 22.8 Å². The Balaban J connectivity index is 2.03. The fourth-order valence-corrected chi connectivity index (χ4v) is 3.12. The quantitative estimate of drug-likeness (QED) is 0.503. The summed E-state index contributed by atoms with van der Waals surface area (Å²) in [5, 5.41) is 9.95. The smallest absolute Gasteiger partial charge is 0.349 e. The van der Waals surface area contributed by atoms with E-state index in [1.165, 1.54) is 6.08 Å². The molecule has 0 saturated carbocycles. The number of anilines is 1. The van der Waals surface area contributed by atoms with E-state index in [0.717, 1.165) is 11.6 Å². The van der Waals surface area contributed by atoms with Crippen molar-refractivity contribution in [2.75, 3.05) is 5.32 Å². The second kappa shape index (κ2) is 11.0. The molecular weight excluding hydrogens is 431 g/mol. The normalized spacial score (nSPS) is 13.9. The molecule has 2 amide bonds. The molecule has 0 aliphatic rings. The number of carbonyl (C=O) groups excluding carboxylic acids is 2. The Morgan fingerprint density at radius 2 is 1.87 bits per heavy atom. The van der Waals surface area contributed by atoms with Crippen LogP contribution in [0.25, 0.3) is 0 Å². The number of nitrogens with one attached hydrogen (secondary N) is 2. The molecule has 11 heteroatoms. The molecule has 0 aliphatic carbocycles. The van der Waals surface area contributed by atoms with E-state index in [1.807, 2.05) is 44.2 Å². The lowest BCUT2D eigenvalue weighted by atomic mass is 10.0. The molecule has 31 heavy (non-hydrogen) atoms. The number of rotatable bonds is 9. The third-order valence-electron chi connectivity index (χ3n) is 4.31. The average molecular weight is 456 g/mol. The highest BCUT2D eigenvalue weighted by molar-refractivity contribution is 7.15. The van der Waals surface area contributed by atoms with Crippen LogP contribution in [0.4, 0.5) is 18.3 Å². The molecule has 1 heterocycles. The number of carbonyl (C=O) groups is 2. The first kappa shape index (κ1) is 24.5. The second-order valence-electron chi connectivity index (χ2n) is 7.17. The second-order valence-corrected chi connectivity index (χ2v) is 8.15. The molecule has 1 aromatic heterocycles. The van der Waals surface area contributed by atoms with Gasteiger partial charge in [-0.25, -0.2) is 0 Å². The lowest BCUT2D eigenvalue weighted by Gasteiger charge is -2.20. The number of nitrogens with two attached hydrogens (primary N) is 1. The predicted molar refractivity (Wildman–Crippen MR) is 112 cm³/mol. The Morgan fingerprint density at radius 1 is 1.19 bits per heavy atom. The number of halogens is 3. The van der Waals surface area contributed by atoms with Gasteiger partial charge in [0.1, 0.15) is 0 Å². The molecular formula is C20H24F3N5O2S. The summed E-state index contributed by atoms with van der Waals surface area (Å²) in [5.41, 5.74) is 6.95. The topological polar surface area (TPSA) is 110 Å². The Bertz CT molecular complexity index is 900. The van der Waals surface area contributed by atoms with Gasteiger partial charge in [-0.3, -0.25) is 14.9 Å². The third kappa shape index (κ3) is 8.10. The van der Waals surface area contributed by atoms with Crippen molar-refractivity contribution in [1.29, 1.82) is 0 Å². The highest BCUT2D eigenvalue weighted by Gasteiger charge is 2.35. The minimum atomic E-state index is -4.63. The van der Waals surface area contributed by atoms with Gasteiger partial charge < -0.3 is 11.1 Å². The van der Waals surface area contributed by atoms with Crippen molar-refractivity contribution in [2.45, 2.75) is 44.9 Å². The number of benzene rings is 1. The summed E-state index contributed by atoms with van der Waals surface area (Å²) in [6, 6.07) is 8.39. The van der Waals surface area contributed by atoms with Gasteiger partial charge in [0, 0.05) is 12.1 Å². The lowest BCUT2D eigenvalue weighted by Crippen LogP contribution is -2.47. The highest BCUT2D eigenvalue weighted by atomic mass is 32.1. The summed E-state index contributed by atoms with van der Waals surface area (Å²) in [6.45, 7) is 3.65. The van der Waals surface area contributed by atoms with Crippen molar-refractivity contribution in [1.82, 2.24) is 15.5 Å². The van der Waals surface area contributed by atoms with Crippen LogP contribution in [-0.2, 0) is 22.2 Å². The monoisotopic (exact) mass is 455 g/mol. The van der Waals surface area contributed by atoms with Gasteiger partial charge in [-0.05, 0) is 24.3 Å². The lowest BCUT2D eigenvalue weighted by molar-refractivity contribution is -0.138. The van der Waals surface area contributed by atoms with Crippen molar-refractivity contribution >= 4 is 28.3 Å². The summed E-state index contributed by atoms with van der Waals surface area (Å²) in [5.74, 6) is -1.10. The number of amides is 2. The molecule has 1 aromatic carbocycles. The Labute approximate surface area is 181 Å². The fourth-order valence-electron chi connectivity index (χ4n) is 2.50. The number of hydrogen-bond donors (Lipinski definition) is 3. The van der Waals surface area contributed by atoms with Gasteiger partial charge in [0.25, 0.3) is 0 Å². The average Bonchev–Trinajstić information content (AvgIpc) is 3.19. The van der Waals surface area contributed by atoms with Crippen LogP contribution in [0.1, 0.15) is 30.8 Å². The van der Waals surface area contributed by atoms with Crippen LogP contribution < -0.4 is 16.4 Å². The van der Waals surface area contributed by atoms with Crippen LogP contribution in [0, 0.1) is 5.92 Å². The van der Waals surface area contributed by atoms with Crippen molar-refractivity contribution in [3.8, 4) is 0 Å². The van der Waals surface area contributed by atoms with Crippen molar-refractivity contribution in [2.24, 2.45) is 11.7 Å². The molecule has 0 aliphatic heterocycles. The summed E-state index contributed by atoms with van der Waals surface area (Å²) in [6.07, 6.45) is -0.861. The maximum absolute atomic E-state index is 12.6. The van der Waals surface area contributed by atoms with Gasteiger partial charge in [0.2, 0.25) is 22.0 Å². The Kier molecular flexibility index (Phi) is 8.69. The number of hydrogen-bond acceptors (Lipinski definition) is 6. The zero-order valence-corrected chi connectivity index (χ0v) is 17.8. The molecule has 4 N–H and O–H groups in total. The van der Waals surface area contributed by atoms with Crippen LogP contribution in [0.2, 0.25) is 0 Å². The molecule has 0 radical (unpaired) electrons. The molecule has 2 atom stereocenters. The SMILES string of the molecule is CC(C)[C@H](N)C(=O)N[C@H](C=CC(=O)Nc1nnc(C(F)(F)F)s1)CCc1ccccc1. The van der Waals surface area contributed by atoms with Crippen LogP contribution in [0.15, 0.2) is 42.5 Å². The minimum absolute atomic E-state index is 0.0673. The maximum atomic E-state index is 12.6. The first-order valence-electron chi connectivity index (χ1n) is 9.56. The maximum Gasteiger partial charge on any atom is 0.445 e. The number of aromatic nitrogens is 2. The number of nitrogens with zero attached hydrogens (tertiary/aromatic N) is 2. The molecule has 0 bridgehead atoms. The number of alkyl halides is 3. The molecule has 7 nitrogen and oxygen atoms in total. The van der Waals surface area contributed by atoms with Gasteiger partial charge in [-0.2, -0.15) is 13.2 Å². The van der Waals surface area contributed by atoms with E-state index in [2.05, 4.69) is 20.8 Å². The third-order valence-corrected chi connectivity index (χ3v) is 5.20. The van der Waals surface area contributed by atoms with E-state index in [1.54, 1.807) is 0 Å². The van der Waals surface area contributed by atoms with E-state index >= 15 is 0 Å². The van der Waals surface area contributed by atoms with Crippen LogP contribution in [0.3, 0.4) is 0 Å². The standard InChI is InChI=1S/C20H24F3N5O2S/c1-12(2)16(24)17(30)25-14(9-8-13-6-4-3-5-7-13)10-11-15(29)26-19-28-27-18(31-19)20(21,22)23/h3-7,10-12,14,16H,8-9,24H2,1-2H3,(H,25,30)(H,26,28,29)/t14-,16-/m0/s1. The van der Waals surface area contributed by atoms with E-state index in [0.29, 0.717) is 12.8 Å². The summed E-state index contributed by atoms with van der Waals surface area (Å²) < 4.78 is 37.8.